The van der Waals surface area contributed by atoms with Crippen molar-refractivity contribution >= 4 is 35.2 Å². The highest BCUT2D eigenvalue weighted by Gasteiger charge is 2.43. The predicted molar refractivity (Wildman–Crippen MR) is 128 cm³/mol. The lowest BCUT2D eigenvalue weighted by Crippen LogP contribution is -2.40. The number of halogens is 1. The molecule has 0 bridgehead atoms. The number of benzene rings is 1. The Labute approximate surface area is 188 Å². The first-order valence-electron chi connectivity index (χ1n) is 10.6. The van der Waals surface area contributed by atoms with Gasteiger partial charge < -0.3 is 4.43 Å². The molecule has 0 spiro atoms. The van der Waals surface area contributed by atoms with Crippen molar-refractivity contribution in [2.75, 3.05) is 0 Å². The molecule has 0 amide bonds. The first-order valence-corrected chi connectivity index (χ1v) is 14.3. The van der Waals surface area contributed by atoms with Crippen LogP contribution in [0.1, 0.15) is 61.8 Å². The van der Waals surface area contributed by atoms with Crippen LogP contribution in [0.25, 0.3) is 10.9 Å². The molecule has 6 heteroatoms. The van der Waals surface area contributed by atoms with Gasteiger partial charge >= 0.3 is 0 Å². The molecule has 1 aliphatic rings. The number of pyridine rings is 1. The standard InChI is InChI=1S/C24H30BrN3OSi/c1-15-9-10-26-23(27-15)20-13-19(20)21-11-16(14-29-30(5,6)24(2,3)4)18-8-7-17(25)12-22(18)28-21/h7-12,19-20H,13-14H2,1-6H3. The number of aryl methyl sites for hydroxylation is 1. The van der Waals surface area contributed by atoms with Gasteiger partial charge in [-0.05, 0) is 61.3 Å². The molecule has 1 saturated carbocycles. The van der Waals surface area contributed by atoms with E-state index in [0.29, 0.717) is 18.4 Å². The molecule has 2 heterocycles. The summed E-state index contributed by atoms with van der Waals surface area (Å²) in [6, 6.07) is 10.5. The molecular formula is C24H30BrN3OSi. The number of hydrogen-bond donors (Lipinski definition) is 0. The van der Waals surface area contributed by atoms with Crippen molar-refractivity contribution in [3.8, 4) is 0 Å². The van der Waals surface area contributed by atoms with Gasteiger partial charge in [0, 0.05) is 39.3 Å². The van der Waals surface area contributed by atoms with E-state index in [4.69, 9.17) is 9.41 Å². The molecule has 4 nitrogen and oxygen atoms in total. The number of hydrogen-bond acceptors (Lipinski definition) is 4. The monoisotopic (exact) mass is 483 g/mol. The predicted octanol–water partition coefficient (Wildman–Crippen LogP) is 6.89. The summed E-state index contributed by atoms with van der Waals surface area (Å²) in [6.45, 7) is 14.1. The maximum Gasteiger partial charge on any atom is 0.192 e. The lowest BCUT2D eigenvalue weighted by atomic mass is 10.1. The first-order chi connectivity index (χ1) is 14.0. The summed E-state index contributed by atoms with van der Waals surface area (Å²) in [4.78, 5) is 14.2. The van der Waals surface area contributed by atoms with E-state index in [1.807, 2.05) is 19.2 Å². The second kappa shape index (κ2) is 7.81. The molecule has 2 aromatic heterocycles. The number of nitrogens with zero attached hydrogens (tertiary/aromatic N) is 3. The Hall–Kier alpha value is -1.63. The van der Waals surface area contributed by atoms with Crippen LogP contribution in [0.5, 0.6) is 0 Å². The van der Waals surface area contributed by atoms with Crippen molar-refractivity contribution < 1.29 is 4.43 Å². The van der Waals surface area contributed by atoms with Crippen molar-refractivity contribution in [3.05, 3.63) is 63.8 Å². The van der Waals surface area contributed by atoms with E-state index in [0.717, 1.165) is 33.6 Å². The quantitative estimate of drug-likeness (QED) is 0.370. The van der Waals surface area contributed by atoms with Crippen LogP contribution in [0.4, 0.5) is 0 Å². The van der Waals surface area contributed by atoms with Gasteiger partial charge in [-0.3, -0.25) is 4.98 Å². The average molecular weight is 485 g/mol. The number of fused-ring (bicyclic) bond motifs is 1. The summed E-state index contributed by atoms with van der Waals surface area (Å²) in [5, 5.41) is 1.36. The van der Waals surface area contributed by atoms with E-state index in [2.05, 4.69) is 84.0 Å². The lowest BCUT2D eigenvalue weighted by Gasteiger charge is -2.36. The molecule has 0 N–H and O–H groups in total. The first kappa shape index (κ1) is 21.6. The van der Waals surface area contributed by atoms with Crippen LogP contribution in [0.2, 0.25) is 18.1 Å². The molecule has 2 atom stereocenters. The van der Waals surface area contributed by atoms with Crippen LogP contribution in [-0.2, 0) is 11.0 Å². The van der Waals surface area contributed by atoms with Crippen molar-refractivity contribution in [2.24, 2.45) is 0 Å². The zero-order chi connectivity index (χ0) is 21.7. The third-order valence-electron chi connectivity index (χ3n) is 6.59. The third-order valence-corrected chi connectivity index (χ3v) is 11.6. The van der Waals surface area contributed by atoms with Crippen molar-refractivity contribution in [3.63, 3.8) is 0 Å². The van der Waals surface area contributed by atoms with Gasteiger partial charge in [0.05, 0.1) is 12.1 Å². The summed E-state index contributed by atoms with van der Waals surface area (Å²) in [5.74, 6) is 1.67. The highest BCUT2D eigenvalue weighted by atomic mass is 79.9. The van der Waals surface area contributed by atoms with Gasteiger partial charge in [0.2, 0.25) is 0 Å². The van der Waals surface area contributed by atoms with Gasteiger partial charge in [-0.1, -0.05) is 42.8 Å². The minimum Gasteiger partial charge on any atom is -0.413 e. The van der Waals surface area contributed by atoms with Crippen molar-refractivity contribution in [2.45, 2.75) is 70.7 Å². The van der Waals surface area contributed by atoms with Gasteiger partial charge in [0.1, 0.15) is 5.82 Å². The highest BCUT2D eigenvalue weighted by Crippen LogP contribution is 2.53. The SMILES string of the molecule is Cc1ccnc(C2CC2c2cc(CO[Si](C)(C)C(C)(C)C)c3ccc(Br)cc3n2)n1. The molecule has 2 unspecified atom stereocenters. The number of rotatable bonds is 5. The van der Waals surface area contributed by atoms with Crippen molar-refractivity contribution in [1.29, 1.82) is 0 Å². The van der Waals surface area contributed by atoms with Gasteiger partial charge in [0.15, 0.2) is 8.32 Å². The normalized spacial score (nSPS) is 19.3. The molecule has 0 aliphatic heterocycles. The van der Waals surface area contributed by atoms with Gasteiger partial charge in [-0.2, -0.15) is 0 Å². The maximum atomic E-state index is 6.58. The topological polar surface area (TPSA) is 47.9 Å². The summed E-state index contributed by atoms with van der Waals surface area (Å²) < 4.78 is 7.62. The molecule has 30 heavy (non-hydrogen) atoms. The number of aromatic nitrogens is 3. The molecule has 1 aromatic carbocycles. The maximum absolute atomic E-state index is 6.58. The van der Waals surface area contributed by atoms with E-state index in [-0.39, 0.29) is 5.04 Å². The molecule has 4 rings (SSSR count). The molecule has 158 valence electrons. The van der Waals surface area contributed by atoms with Crippen LogP contribution in [0, 0.1) is 6.92 Å². The molecule has 1 aliphatic carbocycles. The Bertz CT molecular complexity index is 1090. The van der Waals surface area contributed by atoms with Crippen LogP contribution in [-0.4, -0.2) is 23.3 Å². The van der Waals surface area contributed by atoms with Crippen LogP contribution in [0.3, 0.4) is 0 Å². The minimum atomic E-state index is -1.84. The molecule has 1 fully saturated rings. The summed E-state index contributed by atoms with van der Waals surface area (Å²) in [5.41, 5.74) is 4.39. The Kier molecular flexibility index (Phi) is 5.62. The smallest absolute Gasteiger partial charge is 0.192 e. The van der Waals surface area contributed by atoms with E-state index < -0.39 is 8.32 Å². The van der Waals surface area contributed by atoms with E-state index in [9.17, 15) is 0 Å². The van der Waals surface area contributed by atoms with Crippen LogP contribution < -0.4 is 0 Å². The zero-order valence-electron chi connectivity index (χ0n) is 18.7. The third kappa shape index (κ3) is 4.36. The Morgan fingerprint density at radius 1 is 1.10 bits per heavy atom. The largest absolute Gasteiger partial charge is 0.413 e. The summed E-state index contributed by atoms with van der Waals surface area (Å²) >= 11 is 3.60. The van der Waals surface area contributed by atoms with Gasteiger partial charge in [0.25, 0.3) is 0 Å². The van der Waals surface area contributed by atoms with E-state index in [1.165, 1.54) is 10.9 Å². The molecule has 0 radical (unpaired) electrons. The van der Waals surface area contributed by atoms with Gasteiger partial charge in [-0.15, -0.1) is 0 Å². The zero-order valence-corrected chi connectivity index (χ0v) is 21.2. The van der Waals surface area contributed by atoms with E-state index >= 15 is 0 Å². The summed E-state index contributed by atoms with van der Waals surface area (Å²) in [6.07, 6.45) is 2.91. The average Bonchev–Trinajstić information content (AvgIpc) is 3.45. The summed E-state index contributed by atoms with van der Waals surface area (Å²) in [7, 11) is -1.84. The lowest BCUT2D eigenvalue weighted by molar-refractivity contribution is 0.277. The van der Waals surface area contributed by atoms with Crippen LogP contribution >= 0.6 is 15.9 Å². The fraction of sp³-hybridized carbons (Fsp3) is 0.458. The molecule has 3 aromatic rings. The molecular weight excluding hydrogens is 454 g/mol. The molecule has 0 saturated heterocycles. The Morgan fingerprint density at radius 3 is 2.57 bits per heavy atom. The fourth-order valence-corrected chi connectivity index (χ4v) is 4.83. The fourth-order valence-electron chi connectivity index (χ4n) is 3.53. The minimum absolute atomic E-state index is 0.186. The highest BCUT2D eigenvalue weighted by molar-refractivity contribution is 9.10. The Balaban J connectivity index is 1.67. The van der Waals surface area contributed by atoms with Crippen LogP contribution in [0.15, 0.2) is 41.0 Å². The Morgan fingerprint density at radius 2 is 1.87 bits per heavy atom. The van der Waals surface area contributed by atoms with Crippen molar-refractivity contribution in [1.82, 2.24) is 15.0 Å². The second-order valence-electron chi connectivity index (χ2n) is 9.92. The second-order valence-corrected chi connectivity index (χ2v) is 15.6. The van der Waals surface area contributed by atoms with Gasteiger partial charge in [-0.25, -0.2) is 9.97 Å². The van der Waals surface area contributed by atoms with E-state index in [1.54, 1.807) is 0 Å².